The van der Waals surface area contributed by atoms with Gasteiger partial charge in [0.1, 0.15) is 12.4 Å². The number of hydrogen-bond donors (Lipinski definition) is 1. The average Bonchev–Trinajstić information content (AvgIpc) is 2.99. The highest BCUT2D eigenvalue weighted by Gasteiger charge is 2.31. The Balaban J connectivity index is 1.74. The molecule has 1 saturated heterocycles. The fourth-order valence-corrected chi connectivity index (χ4v) is 2.36. The molecule has 1 amide bonds. The first-order valence-electron chi connectivity index (χ1n) is 7.64. The van der Waals surface area contributed by atoms with E-state index in [9.17, 15) is 18.0 Å². The topological polar surface area (TPSA) is 56.8 Å². The van der Waals surface area contributed by atoms with E-state index in [1.807, 2.05) is 0 Å². The van der Waals surface area contributed by atoms with E-state index in [1.165, 1.54) is 24.3 Å². The van der Waals surface area contributed by atoms with Gasteiger partial charge in [-0.15, -0.1) is 13.2 Å². The molecule has 1 aliphatic heterocycles. The smallest absolute Gasteiger partial charge is 0.406 e. The molecule has 2 rings (SSSR count). The van der Waals surface area contributed by atoms with Gasteiger partial charge >= 0.3 is 6.36 Å². The van der Waals surface area contributed by atoms with Crippen molar-refractivity contribution in [3.8, 4) is 5.75 Å². The van der Waals surface area contributed by atoms with Gasteiger partial charge in [-0.05, 0) is 31.0 Å². The number of hydrogen-bond acceptors (Lipinski definition) is 4. The number of carbonyl (C=O) groups excluding carboxylic acids is 1. The number of carbonyl (C=O) groups is 1. The van der Waals surface area contributed by atoms with Crippen LogP contribution in [0.5, 0.6) is 5.75 Å². The minimum absolute atomic E-state index is 0.0594. The van der Waals surface area contributed by atoms with Crippen molar-refractivity contribution in [3.05, 3.63) is 29.8 Å². The van der Waals surface area contributed by atoms with Gasteiger partial charge in [0.2, 0.25) is 5.91 Å². The zero-order valence-corrected chi connectivity index (χ0v) is 13.3. The molecule has 2 atom stereocenters. The summed E-state index contributed by atoms with van der Waals surface area (Å²) >= 11 is 0. The zero-order valence-electron chi connectivity index (χ0n) is 13.3. The Labute approximate surface area is 138 Å². The summed E-state index contributed by atoms with van der Waals surface area (Å²) in [5, 5.41) is 2.73. The average molecular weight is 347 g/mol. The minimum atomic E-state index is -4.72. The van der Waals surface area contributed by atoms with Crippen molar-refractivity contribution < 1.29 is 32.2 Å². The maximum Gasteiger partial charge on any atom is 0.573 e. The summed E-state index contributed by atoms with van der Waals surface area (Å²) in [6, 6.07) is 5.02. The number of alkyl halides is 3. The minimum Gasteiger partial charge on any atom is -0.406 e. The second kappa shape index (κ2) is 8.34. The van der Waals surface area contributed by atoms with Crippen LogP contribution in [-0.2, 0) is 14.3 Å². The first kappa shape index (κ1) is 18.5. The molecule has 0 aromatic heterocycles. The van der Waals surface area contributed by atoms with Gasteiger partial charge < -0.3 is 19.5 Å². The van der Waals surface area contributed by atoms with Gasteiger partial charge in [-0.2, -0.15) is 0 Å². The van der Waals surface area contributed by atoms with Crippen LogP contribution in [0.15, 0.2) is 24.3 Å². The highest BCUT2D eigenvalue weighted by Crippen LogP contribution is 2.24. The number of ether oxygens (including phenoxy) is 3. The molecule has 0 saturated carbocycles. The van der Waals surface area contributed by atoms with Crippen LogP contribution >= 0.6 is 0 Å². The predicted molar refractivity (Wildman–Crippen MR) is 79.4 cm³/mol. The lowest BCUT2D eigenvalue weighted by molar-refractivity contribution is -0.274. The van der Waals surface area contributed by atoms with Crippen molar-refractivity contribution >= 4 is 5.91 Å². The SMILES string of the molecule is C[C@H](NC(=O)COC[C@@H]1CCOC1)c1ccc(OC(F)(F)F)cc1. The summed E-state index contributed by atoms with van der Waals surface area (Å²) < 4.78 is 50.7. The molecule has 1 fully saturated rings. The maximum atomic E-state index is 12.1. The van der Waals surface area contributed by atoms with Gasteiger partial charge in [-0.25, -0.2) is 0 Å². The Hall–Kier alpha value is -1.80. The predicted octanol–water partition coefficient (Wildman–Crippen LogP) is 2.82. The molecule has 1 aromatic carbocycles. The normalized spacial score (nSPS) is 19.1. The van der Waals surface area contributed by atoms with Crippen LogP contribution in [0.3, 0.4) is 0 Å². The summed E-state index contributed by atoms with van der Waals surface area (Å²) in [6.07, 6.45) is -3.78. The van der Waals surface area contributed by atoms with Gasteiger partial charge in [-0.1, -0.05) is 12.1 Å². The summed E-state index contributed by atoms with van der Waals surface area (Å²) in [5.41, 5.74) is 0.669. The monoisotopic (exact) mass is 347 g/mol. The van der Waals surface area contributed by atoms with Crippen LogP contribution in [0.25, 0.3) is 0 Å². The lowest BCUT2D eigenvalue weighted by Gasteiger charge is -2.16. The molecule has 24 heavy (non-hydrogen) atoms. The molecular weight excluding hydrogens is 327 g/mol. The van der Waals surface area contributed by atoms with E-state index < -0.39 is 6.36 Å². The van der Waals surface area contributed by atoms with Gasteiger partial charge in [0.25, 0.3) is 0 Å². The number of halogens is 3. The van der Waals surface area contributed by atoms with E-state index in [-0.39, 0.29) is 24.3 Å². The molecule has 1 aromatic rings. The summed E-state index contributed by atoms with van der Waals surface area (Å²) in [4.78, 5) is 11.8. The molecule has 0 aliphatic carbocycles. The highest BCUT2D eigenvalue weighted by molar-refractivity contribution is 5.77. The molecule has 8 heteroatoms. The summed E-state index contributed by atoms with van der Waals surface area (Å²) in [5.74, 6) is -0.250. The fraction of sp³-hybridized carbons (Fsp3) is 0.562. The third-order valence-corrected chi connectivity index (χ3v) is 3.60. The van der Waals surface area contributed by atoms with Gasteiger partial charge in [0.05, 0.1) is 19.3 Å². The van der Waals surface area contributed by atoms with E-state index in [1.54, 1.807) is 6.92 Å². The van der Waals surface area contributed by atoms with Crippen LogP contribution in [0.2, 0.25) is 0 Å². The zero-order chi connectivity index (χ0) is 17.6. The third kappa shape index (κ3) is 6.37. The van der Waals surface area contributed by atoms with E-state index in [0.29, 0.717) is 24.7 Å². The molecular formula is C16H20F3NO4. The van der Waals surface area contributed by atoms with Gasteiger partial charge in [-0.3, -0.25) is 4.79 Å². The number of nitrogens with one attached hydrogen (secondary N) is 1. The molecule has 1 heterocycles. The van der Waals surface area contributed by atoms with E-state index >= 15 is 0 Å². The highest BCUT2D eigenvalue weighted by atomic mass is 19.4. The van der Waals surface area contributed by atoms with Crippen molar-refractivity contribution in [1.29, 1.82) is 0 Å². The molecule has 0 radical (unpaired) electrons. The molecule has 0 bridgehead atoms. The standard InChI is InChI=1S/C16H20F3NO4/c1-11(13-2-4-14(5-3-13)24-16(17,18)19)20-15(21)10-23-9-12-6-7-22-8-12/h2-5,11-12H,6-10H2,1H3,(H,20,21)/t11-,12+/m0/s1. The van der Waals surface area contributed by atoms with Crippen molar-refractivity contribution in [2.75, 3.05) is 26.4 Å². The Bertz CT molecular complexity index is 527. The van der Waals surface area contributed by atoms with Crippen molar-refractivity contribution in [1.82, 2.24) is 5.32 Å². The number of amides is 1. The number of benzene rings is 1. The Kier molecular flexibility index (Phi) is 6.44. The first-order chi connectivity index (χ1) is 11.3. The fourth-order valence-electron chi connectivity index (χ4n) is 2.36. The first-order valence-corrected chi connectivity index (χ1v) is 7.64. The second-order valence-electron chi connectivity index (χ2n) is 5.65. The van der Waals surface area contributed by atoms with Gasteiger partial charge in [0.15, 0.2) is 0 Å². The molecule has 1 aliphatic rings. The van der Waals surface area contributed by atoms with Crippen molar-refractivity contribution in [2.24, 2.45) is 5.92 Å². The van der Waals surface area contributed by atoms with Crippen LogP contribution < -0.4 is 10.1 Å². The van der Waals surface area contributed by atoms with Crippen LogP contribution in [0, 0.1) is 5.92 Å². The van der Waals surface area contributed by atoms with E-state index in [2.05, 4.69) is 10.1 Å². The third-order valence-electron chi connectivity index (χ3n) is 3.60. The maximum absolute atomic E-state index is 12.1. The van der Waals surface area contributed by atoms with Crippen LogP contribution in [0.1, 0.15) is 24.9 Å². The molecule has 1 N–H and O–H groups in total. The quantitative estimate of drug-likeness (QED) is 0.824. The van der Waals surface area contributed by atoms with Crippen LogP contribution in [0.4, 0.5) is 13.2 Å². The molecule has 134 valence electrons. The lowest BCUT2D eigenvalue weighted by atomic mass is 10.1. The molecule has 0 spiro atoms. The number of rotatable bonds is 7. The Morgan fingerprint density at radius 3 is 2.67 bits per heavy atom. The van der Waals surface area contributed by atoms with Crippen molar-refractivity contribution in [3.63, 3.8) is 0 Å². The Morgan fingerprint density at radius 2 is 2.08 bits per heavy atom. The Morgan fingerprint density at radius 1 is 1.38 bits per heavy atom. The van der Waals surface area contributed by atoms with Gasteiger partial charge in [0, 0.05) is 12.5 Å². The summed E-state index contributed by atoms with van der Waals surface area (Å²) in [7, 11) is 0. The molecule has 5 nitrogen and oxygen atoms in total. The largest absolute Gasteiger partial charge is 0.573 e. The molecule has 0 unspecified atom stereocenters. The second-order valence-corrected chi connectivity index (χ2v) is 5.65. The van der Waals surface area contributed by atoms with E-state index in [4.69, 9.17) is 9.47 Å². The lowest BCUT2D eigenvalue weighted by Crippen LogP contribution is -2.31. The summed E-state index contributed by atoms with van der Waals surface area (Å²) in [6.45, 7) is 3.54. The van der Waals surface area contributed by atoms with E-state index in [0.717, 1.165) is 13.0 Å². The van der Waals surface area contributed by atoms with Crippen molar-refractivity contribution in [2.45, 2.75) is 25.7 Å². The van der Waals surface area contributed by atoms with Crippen LogP contribution in [-0.4, -0.2) is 38.7 Å².